The van der Waals surface area contributed by atoms with Gasteiger partial charge in [0.1, 0.15) is 0 Å². The van der Waals surface area contributed by atoms with Crippen molar-refractivity contribution < 1.29 is 14.4 Å². The summed E-state index contributed by atoms with van der Waals surface area (Å²) < 4.78 is 0. The number of likely N-dealkylation sites (N-methyl/N-ethyl adjacent to an activating group) is 1. The summed E-state index contributed by atoms with van der Waals surface area (Å²) in [5.41, 5.74) is 1.94. The van der Waals surface area contributed by atoms with Crippen LogP contribution in [0, 0.1) is 12.8 Å². The topological polar surface area (TPSA) is 78.5 Å². The lowest BCUT2D eigenvalue weighted by atomic mass is 10.1. The number of anilines is 1. The molecule has 1 atom stereocenters. The van der Waals surface area contributed by atoms with Gasteiger partial charge >= 0.3 is 0 Å². The van der Waals surface area contributed by atoms with Crippen molar-refractivity contribution in [1.29, 1.82) is 0 Å². The van der Waals surface area contributed by atoms with Crippen molar-refractivity contribution in [3.05, 3.63) is 42.0 Å². The molecular formula is C17H21N3O3. The third kappa shape index (κ3) is 4.42. The maximum Gasteiger partial charge on any atom is 0.243 e. The Morgan fingerprint density at radius 2 is 2.00 bits per heavy atom. The van der Waals surface area contributed by atoms with Crippen molar-refractivity contribution in [1.82, 2.24) is 10.6 Å². The van der Waals surface area contributed by atoms with Crippen LogP contribution in [0.5, 0.6) is 0 Å². The van der Waals surface area contributed by atoms with Crippen molar-refractivity contribution in [3.63, 3.8) is 0 Å². The fourth-order valence-electron chi connectivity index (χ4n) is 2.41. The summed E-state index contributed by atoms with van der Waals surface area (Å²) >= 11 is 0. The molecule has 1 saturated heterocycles. The van der Waals surface area contributed by atoms with Crippen molar-refractivity contribution >= 4 is 23.4 Å². The second-order valence-electron chi connectivity index (χ2n) is 5.50. The second-order valence-corrected chi connectivity index (χ2v) is 5.50. The van der Waals surface area contributed by atoms with Crippen LogP contribution in [0.25, 0.3) is 0 Å². The van der Waals surface area contributed by atoms with E-state index < -0.39 is 0 Å². The molecule has 2 N–H and O–H groups in total. The molecular weight excluding hydrogens is 294 g/mol. The van der Waals surface area contributed by atoms with E-state index in [0.29, 0.717) is 6.54 Å². The van der Waals surface area contributed by atoms with Gasteiger partial charge in [0.2, 0.25) is 17.7 Å². The minimum absolute atomic E-state index is 0.0464. The normalized spacial score (nSPS) is 17.6. The largest absolute Gasteiger partial charge is 0.356 e. The van der Waals surface area contributed by atoms with Crippen LogP contribution in [0.1, 0.15) is 12.0 Å². The number of carbonyl (C=O) groups excluding carboxylic acids is 3. The Balaban J connectivity index is 1.89. The Morgan fingerprint density at radius 1 is 1.30 bits per heavy atom. The molecule has 3 amide bonds. The van der Waals surface area contributed by atoms with Gasteiger partial charge in [-0.15, -0.1) is 0 Å². The molecule has 0 saturated carbocycles. The van der Waals surface area contributed by atoms with Gasteiger partial charge in [-0.25, -0.2) is 0 Å². The zero-order valence-corrected chi connectivity index (χ0v) is 13.3. The number of hydrogen-bond acceptors (Lipinski definition) is 3. The van der Waals surface area contributed by atoms with E-state index in [1.165, 1.54) is 13.1 Å². The number of aryl methyl sites for hydroxylation is 1. The van der Waals surface area contributed by atoms with Gasteiger partial charge in [0.15, 0.2) is 0 Å². The first kappa shape index (κ1) is 16.7. The lowest BCUT2D eigenvalue weighted by molar-refractivity contribution is -0.126. The van der Waals surface area contributed by atoms with Crippen molar-refractivity contribution in [3.8, 4) is 0 Å². The Hall–Kier alpha value is -2.63. The average Bonchev–Trinajstić information content (AvgIpc) is 2.93. The molecule has 1 heterocycles. The van der Waals surface area contributed by atoms with E-state index in [1.807, 2.05) is 31.2 Å². The third-order valence-corrected chi connectivity index (χ3v) is 3.75. The summed E-state index contributed by atoms with van der Waals surface area (Å²) in [6.45, 7) is 2.63. The molecule has 122 valence electrons. The van der Waals surface area contributed by atoms with Crippen LogP contribution in [-0.2, 0) is 14.4 Å². The van der Waals surface area contributed by atoms with Gasteiger partial charge in [-0.2, -0.15) is 0 Å². The molecule has 1 unspecified atom stereocenters. The highest BCUT2D eigenvalue weighted by Gasteiger charge is 2.34. The first-order chi connectivity index (χ1) is 11.0. The van der Waals surface area contributed by atoms with Crippen molar-refractivity contribution in [2.45, 2.75) is 13.3 Å². The first-order valence-electron chi connectivity index (χ1n) is 7.54. The molecule has 1 fully saturated rings. The molecule has 0 spiro atoms. The van der Waals surface area contributed by atoms with Gasteiger partial charge < -0.3 is 15.5 Å². The molecule has 1 aromatic rings. The molecule has 0 bridgehead atoms. The predicted octanol–water partition coefficient (Wildman–Crippen LogP) is 0.766. The fourth-order valence-corrected chi connectivity index (χ4v) is 2.41. The molecule has 6 heteroatoms. The van der Waals surface area contributed by atoms with Gasteiger partial charge in [-0.05, 0) is 19.1 Å². The van der Waals surface area contributed by atoms with Crippen LogP contribution >= 0.6 is 0 Å². The average molecular weight is 315 g/mol. The van der Waals surface area contributed by atoms with Crippen molar-refractivity contribution in [2.24, 2.45) is 5.92 Å². The highest BCUT2D eigenvalue weighted by atomic mass is 16.2. The molecule has 1 aliphatic rings. The molecule has 6 nitrogen and oxygen atoms in total. The van der Waals surface area contributed by atoms with Gasteiger partial charge in [0, 0.05) is 38.3 Å². The van der Waals surface area contributed by atoms with Crippen LogP contribution in [0.2, 0.25) is 0 Å². The van der Waals surface area contributed by atoms with E-state index in [9.17, 15) is 14.4 Å². The van der Waals surface area contributed by atoms with Gasteiger partial charge in [-0.3, -0.25) is 14.4 Å². The van der Waals surface area contributed by atoms with E-state index in [1.54, 1.807) is 11.0 Å². The SMILES string of the molecule is CNC(=O)C=CCNC(=O)C1CC(=O)N(c2ccc(C)cc2)C1. The van der Waals surface area contributed by atoms with E-state index in [-0.39, 0.29) is 36.6 Å². The maximum absolute atomic E-state index is 12.1. The first-order valence-corrected chi connectivity index (χ1v) is 7.54. The molecule has 0 radical (unpaired) electrons. The Labute approximate surface area is 135 Å². The smallest absolute Gasteiger partial charge is 0.243 e. The van der Waals surface area contributed by atoms with Crippen molar-refractivity contribution in [2.75, 3.05) is 25.0 Å². The number of rotatable bonds is 5. The van der Waals surface area contributed by atoms with E-state index in [4.69, 9.17) is 0 Å². The summed E-state index contributed by atoms with van der Waals surface area (Å²) in [5, 5.41) is 5.17. The van der Waals surface area contributed by atoms with E-state index >= 15 is 0 Å². The number of hydrogen-bond donors (Lipinski definition) is 2. The van der Waals surface area contributed by atoms with Crippen LogP contribution < -0.4 is 15.5 Å². The highest BCUT2D eigenvalue weighted by molar-refractivity contribution is 6.00. The molecule has 0 aliphatic carbocycles. The van der Waals surface area contributed by atoms with Gasteiger partial charge in [0.25, 0.3) is 0 Å². The minimum atomic E-state index is -0.364. The quantitative estimate of drug-likeness (QED) is 0.788. The van der Waals surface area contributed by atoms with Gasteiger partial charge in [-0.1, -0.05) is 23.8 Å². The Kier molecular flexibility index (Phi) is 5.51. The number of nitrogens with one attached hydrogen (secondary N) is 2. The summed E-state index contributed by atoms with van der Waals surface area (Å²) in [7, 11) is 1.54. The van der Waals surface area contributed by atoms with Crippen LogP contribution in [0.3, 0.4) is 0 Å². The molecule has 1 aliphatic heterocycles. The molecule has 23 heavy (non-hydrogen) atoms. The second kappa shape index (κ2) is 7.58. The van der Waals surface area contributed by atoms with E-state index in [2.05, 4.69) is 10.6 Å². The van der Waals surface area contributed by atoms with Crippen LogP contribution in [0.15, 0.2) is 36.4 Å². The Morgan fingerprint density at radius 3 is 2.65 bits per heavy atom. The van der Waals surface area contributed by atoms with Crippen LogP contribution in [-0.4, -0.2) is 37.9 Å². The standard InChI is InChI=1S/C17H21N3O3/c1-12-5-7-14(8-6-12)20-11-13(10-16(20)22)17(23)19-9-3-4-15(21)18-2/h3-8,13H,9-11H2,1-2H3,(H,18,21)(H,19,23). The number of carbonyl (C=O) groups is 3. The number of benzene rings is 1. The van der Waals surface area contributed by atoms with Gasteiger partial charge in [0.05, 0.1) is 5.92 Å². The molecule has 1 aromatic carbocycles. The van der Waals surface area contributed by atoms with Crippen LogP contribution in [0.4, 0.5) is 5.69 Å². The summed E-state index contributed by atoms with van der Waals surface area (Å²) in [4.78, 5) is 36.9. The molecule has 0 aromatic heterocycles. The maximum atomic E-state index is 12.1. The predicted molar refractivity (Wildman–Crippen MR) is 87.9 cm³/mol. The lowest BCUT2D eigenvalue weighted by Crippen LogP contribution is -2.33. The summed E-state index contributed by atoms with van der Waals surface area (Å²) in [6.07, 6.45) is 3.14. The third-order valence-electron chi connectivity index (χ3n) is 3.75. The monoisotopic (exact) mass is 315 g/mol. The zero-order valence-electron chi connectivity index (χ0n) is 13.3. The highest BCUT2D eigenvalue weighted by Crippen LogP contribution is 2.25. The summed E-state index contributed by atoms with van der Waals surface area (Å²) in [6, 6.07) is 7.67. The lowest BCUT2D eigenvalue weighted by Gasteiger charge is -2.16. The number of amides is 3. The number of nitrogens with zero attached hydrogens (tertiary/aromatic N) is 1. The Bertz CT molecular complexity index is 622. The zero-order chi connectivity index (χ0) is 16.8. The summed E-state index contributed by atoms with van der Waals surface area (Å²) in [5.74, 6) is -0.803. The fraction of sp³-hybridized carbons (Fsp3) is 0.353. The minimum Gasteiger partial charge on any atom is -0.356 e. The molecule has 2 rings (SSSR count). The van der Waals surface area contributed by atoms with E-state index in [0.717, 1.165) is 11.3 Å².